The van der Waals surface area contributed by atoms with Gasteiger partial charge >= 0.3 is 5.97 Å². The van der Waals surface area contributed by atoms with E-state index in [4.69, 9.17) is 4.74 Å². The molecule has 2 heterocycles. The van der Waals surface area contributed by atoms with Crippen molar-refractivity contribution < 1.29 is 14.3 Å². The van der Waals surface area contributed by atoms with Crippen LogP contribution >= 0.6 is 0 Å². The van der Waals surface area contributed by atoms with Crippen LogP contribution in [0, 0.1) is 0 Å². The maximum atomic E-state index is 11.7. The van der Waals surface area contributed by atoms with Gasteiger partial charge in [-0.25, -0.2) is 4.79 Å². The molecule has 0 radical (unpaired) electrons. The zero-order valence-electron chi connectivity index (χ0n) is 11.0. The predicted molar refractivity (Wildman–Crippen MR) is 70.0 cm³/mol. The van der Waals surface area contributed by atoms with Crippen LogP contribution in [-0.2, 0) is 9.53 Å². The minimum absolute atomic E-state index is 0.240. The van der Waals surface area contributed by atoms with Crippen LogP contribution in [0.2, 0.25) is 0 Å². The predicted octanol–water partition coefficient (Wildman–Crippen LogP) is 0.583. The van der Waals surface area contributed by atoms with Crippen molar-refractivity contribution in [3.8, 4) is 0 Å². The van der Waals surface area contributed by atoms with E-state index in [9.17, 15) is 9.59 Å². The van der Waals surface area contributed by atoms with E-state index in [0.717, 1.165) is 25.1 Å². The number of anilines is 1. The number of carbonyl (C=O) groups is 2. The van der Waals surface area contributed by atoms with Gasteiger partial charge in [-0.2, -0.15) is 0 Å². The van der Waals surface area contributed by atoms with Gasteiger partial charge in [0.2, 0.25) is 0 Å². The van der Waals surface area contributed by atoms with Gasteiger partial charge in [-0.1, -0.05) is 0 Å². The first-order chi connectivity index (χ1) is 9.17. The molecule has 6 nitrogen and oxygen atoms in total. The van der Waals surface area contributed by atoms with E-state index in [1.807, 2.05) is 4.90 Å². The molecule has 1 aliphatic heterocycles. The van der Waals surface area contributed by atoms with Crippen LogP contribution in [0.4, 0.5) is 5.69 Å². The monoisotopic (exact) mass is 263 g/mol. The Bertz CT molecular complexity index is 490. The number of carbonyl (C=O) groups excluding carboxylic acids is 2. The topological polar surface area (TPSA) is 71.5 Å². The second-order valence-corrected chi connectivity index (χ2v) is 4.35. The molecule has 1 aromatic rings. The Kier molecular flexibility index (Phi) is 3.99. The Morgan fingerprint density at radius 1 is 1.53 bits per heavy atom. The maximum absolute atomic E-state index is 11.7. The minimum Gasteiger partial charge on any atom is -0.467 e. The van der Waals surface area contributed by atoms with Gasteiger partial charge in [-0.15, -0.1) is 0 Å². The number of hydrogen-bond acceptors (Lipinski definition) is 5. The Labute approximate surface area is 111 Å². The highest BCUT2D eigenvalue weighted by Crippen LogP contribution is 2.26. The SMILES string of the molecule is CNC(=O)c1cc(N2CCCC2C(=O)OC)ccn1. The number of amides is 1. The van der Waals surface area contributed by atoms with Gasteiger partial charge in [0.25, 0.3) is 5.91 Å². The van der Waals surface area contributed by atoms with Crippen molar-refractivity contribution in [1.29, 1.82) is 0 Å². The molecule has 1 N–H and O–H groups in total. The van der Waals surface area contributed by atoms with E-state index in [0.29, 0.717) is 5.69 Å². The molecule has 1 saturated heterocycles. The van der Waals surface area contributed by atoms with Crippen LogP contribution in [0.1, 0.15) is 23.3 Å². The van der Waals surface area contributed by atoms with Crippen molar-refractivity contribution in [2.45, 2.75) is 18.9 Å². The summed E-state index contributed by atoms with van der Waals surface area (Å²) >= 11 is 0. The molecule has 1 atom stereocenters. The van der Waals surface area contributed by atoms with E-state index < -0.39 is 0 Å². The van der Waals surface area contributed by atoms with Crippen molar-refractivity contribution in [3.05, 3.63) is 24.0 Å². The first-order valence-corrected chi connectivity index (χ1v) is 6.20. The van der Waals surface area contributed by atoms with Crippen LogP contribution in [-0.4, -0.2) is 43.6 Å². The lowest BCUT2D eigenvalue weighted by atomic mass is 10.2. The number of ether oxygens (including phenoxy) is 1. The number of rotatable bonds is 3. The molecule has 0 saturated carbocycles. The van der Waals surface area contributed by atoms with E-state index >= 15 is 0 Å². The highest BCUT2D eigenvalue weighted by molar-refractivity contribution is 5.93. The number of pyridine rings is 1. The summed E-state index contributed by atoms with van der Waals surface area (Å²) in [7, 11) is 2.95. The van der Waals surface area contributed by atoms with Crippen molar-refractivity contribution in [2.75, 3.05) is 25.6 Å². The molecule has 0 bridgehead atoms. The molecule has 1 aromatic heterocycles. The molecule has 1 fully saturated rings. The van der Waals surface area contributed by atoms with E-state index in [1.165, 1.54) is 7.11 Å². The quantitative estimate of drug-likeness (QED) is 0.808. The molecule has 102 valence electrons. The van der Waals surface area contributed by atoms with E-state index in [2.05, 4.69) is 10.3 Å². The number of methoxy groups -OCH3 is 1. The highest BCUT2D eigenvalue weighted by atomic mass is 16.5. The van der Waals surface area contributed by atoms with Crippen LogP contribution in [0.3, 0.4) is 0 Å². The number of aromatic nitrogens is 1. The van der Waals surface area contributed by atoms with Gasteiger partial charge in [-0.05, 0) is 25.0 Å². The zero-order chi connectivity index (χ0) is 13.8. The number of esters is 1. The Hall–Kier alpha value is -2.11. The first kappa shape index (κ1) is 13.3. The highest BCUT2D eigenvalue weighted by Gasteiger charge is 2.31. The smallest absolute Gasteiger partial charge is 0.328 e. The number of hydrogen-bond donors (Lipinski definition) is 1. The lowest BCUT2D eigenvalue weighted by Gasteiger charge is -2.24. The second-order valence-electron chi connectivity index (χ2n) is 4.35. The third kappa shape index (κ3) is 2.67. The standard InChI is InChI=1S/C13H17N3O3/c1-14-12(17)10-8-9(5-6-15-10)16-7-3-4-11(16)13(18)19-2/h5-6,8,11H,3-4,7H2,1-2H3,(H,14,17). The van der Waals surface area contributed by atoms with Crippen molar-refractivity contribution in [1.82, 2.24) is 10.3 Å². The van der Waals surface area contributed by atoms with Gasteiger partial charge in [0.1, 0.15) is 11.7 Å². The summed E-state index contributed by atoms with van der Waals surface area (Å²) in [4.78, 5) is 29.3. The first-order valence-electron chi connectivity index (χ1n) is 6.20. The fourth-order valence-electron chi connectivity index (χ4n) is 2.31. The van der Waals surface area contributed by atoms with Crippen LogP contribution in [0.5, 0.6) is 0 Å². The fraction of sp³-hybridized carbons (Fsp3) is 0.462. The van der Waals surface area contributed by atoms with E-state index in [-0.39, 0.29) is 17.9 Å². The van der Waals surface area contributed by atoms with Crippen molar-refractivity contribution in [2.24, 2.45) is 0 Å². The third-order valence-corrected chi connectivity index (χ3v) is 3.26. The lowest BCUT2D eigenvalue weighted by Crippen LogP contribution is -2.37. The van der Waals surface area contributed by atoms with Gasteiger partial charge in [0.15, 0.2) is 0 Å². The molecule has 6 heteroatoms. The molecule has 0 spiro atoms. The largest absolute Gasteiger partial charge is 0.467 e. The number of nitrogens with one attached hydrogen (secondary N) is 1. The molecular weight excluding hydrogens is 246 g/mol. The Morgan fingerprint density at radius 3 is 3.00 bits per heavy atom. The molecular formula is C13H17N3O3. The van der Waals surface area contributed by atoms with Crippen LogP contribution in [0.15, 0.2) is 18.3 Å². The molecule has 0 aliphatic carbocycles. The van der Waals surface area contributed by atoms with Gasteiger partial charge in [0, 0.05) is 25.5 Å². The summed E-state index contributed by atoms with van der Waals surface area (Å²) in [6, 6.07) is 3.22. The van der Waals surface area contributed by atoms with Gasteiger partial charge < -0.3 is 15.0 Å². The molecule has 0 aromatic carbocycles. The summed E-state index contributed by atoms with van der Waals surface area (Å²) < 4.78 is 4.81. The van der Waals surface area contributed by atoms with Crippen molar-refractivity contribution in [3.63, 3.8) is 0 Å². The fourth-order valence-corrected chi connectivity index (χ4v) is 2.31. The normalized spacial score (nSPS) is 18.2. The molecule has 1 amide bonds. The summed E-state index contributed by atoms with van der Waals surface area (Å²) in [5.41, 5.74) is 1.16. The molecule has 1 aliphatic rings. The van der Waals surface area contributed by atoms with Crippen molar-refractivity contribution >= 4 is 17.6 Å². The Morgan fingerprint density at radius 2 is 2.32 bits per heavy atom. The average molecular weight is 263 g/mol. The number of nitrogens with zero attached hydrogens (tertiary/aromatic N) is 2. The summed E-state index contributed by atoms with van der Waals surface area (Å²) in [6.07, 6.45) is 3.27. The summed E-state index contributed by atoms with van der Waals surface area (Å²) in [5, 5.41) is 2.53. The zero-order valence-corrected chi connectivity index (χ0v) is 11.0. The van der Waals surface area contributed by atoms with Crippen LogP contribution < -0.4 is 10.2 Å². The van der Waals surface area contributed by atoms with Crippen LogP contribution in [0.25, 0.3) is 0 Å². The minimum atomic E-state index is -0.273. The summed E-state index contributed by atoms with van der Waals surface area (Å²) in [6.45, 7) is 0.775. The third-order valence-electron chi connectivity index (χ3n) is 3.26. The average Bonchev–Trinajstić information content (AvgIpc) is 2.95. The molecule has 1 unspecified atom stereocenters. The lowest BCUT2D eigenvalue weighted by molar-refractivity contribution is -0.141. The maximum Gasteiger partial charge on any atom is 0.328 e. The Balaban J connectivity index is 2.26. The van der Waals surface area contributed by atoms with Gasteiger partial charge in [0.05, 0.1) is 7.11 Å². The summed E-state index contributed by atoms with van der Waals surface area (Å²) in [5.74, 6) is -0.480. The molecule has 2 rings (SSSR count). The van der Waals surface area contributed by atoms with E-state index in [1.54, 1.807) is 25.4 Å². The molecule has 19 heavy (non-hydrogen) atoms. The van der Waals surface area contributed by atoms with Gasteiger partial charge in [-0.3, -0.25) is 9.78 Å². The second kappa shape index (κ2) is 5.69.